The van der Waals surface area contributed by atoms with E-state index in [-0.39, 0.29) is 18.0 Å². The third-order valence-electron chi connectivity index (χ3n) is 3.59. The Kier molecular flexibility index (Phi) is 5.08. The molecule has 0 aromatic carbocycles. The van der Waals surface area contributed by atoms with E-state index < -0.39 is 30.5 Å². The summed E-state index contributed by atoms with van der Waals surface area (Å²) in [6.07, 6.45) is -0.600. The highest BCUT2D eigenvalue weighted by Gasteiger charge is 2.41. The minimum atomic E-state index is -4.27. The second-order valence-corrected chi connectivity index (χ2v) is 5.50. The first-order valence-corrected chi connectivity index (χ1v) is 6.97. The first-order chi connectivity index (χ1) is 10.7. The minimum absolute atomic E-state index is 0.116. The number of nitrogens with one attached hydrogen (secondary N) is 1. The molecule has 9 heteroatoms. The van der Waals surface area contributed by atoms with Crippen molar-refractivity contribution in [1.29, 1.82) is 0 Å². The average molecular weight is 336 g/mol. The summed E-state index contributed by atoms with van der Waals surface area (Å²) in [6.45, 7) is -1.39. The summed E-state index contributed by atoms with van der Waals surface area (Å²) in [4.78, 5) is 15.4. The molecule has 1 heterocycles. The number of aromatic nitrogens is 1. The third-order valence-corrected chi connectivity index (χ3v) is 3.59. The van der Waals surface area contributed by atoms with E-state index in [1.165, 1.54) is 6.07 Å². The molecule has 1 fully saturated rings. The van der Waals surface area contributed by atoms with Gasteiger partial charge >= 0.3 is 12.3 Å². The Morgan fingerprint density at radius 2 is 2.13 bits per heavy atom. The standard InChI is InChI=1S/C14H16F4N2O3/c15-12(16)14(17,18)8-23-10-3-2-9(6-19-10)11(21)20-7-13(22)4-1-5-13/h2-3,6,12,22H,1,4-5,7-8H2,(H,20,21). The largest absolute Gasteiger partial charge is 0.471 e. The maximum Gasteiger partial charge on any atom is 0.340 e. The van der Waals surface area contributed by atoms with Gasteiger partial charge in [-0.05, 0) is 25.3 Å². The summed E-state index contributed by atoms with van der Waals surface area (Å²) in [7, 11) is 0. The predicted molar refractivity (Wildman–Crippen MR) is 71.8 cm³/mol. The molecule has 23 heavy (non-hydrogen) atoms. The summed E-state index contributed by atoms with van der Waals surface area (Å²) >= 11 is 0. The highest BCUT2D eigenvalue weighted by atomic mass is 19.3. The minimum Gasteiger partial charge on any atom is -0.471 e. The van der Waals surface area contributed by atoms with Crippen LogP contribution in [0.5, 0.6) is 5.88 Å². The quantitative estimate of drug-likeness (QED) is 0.747. The van der Waals surface area contributed by atoms with Gasteiger partial charge in [-0.1, -0.05) is 0 Å². The van der Waals surface area contributed by atoms with Gasteiger partial charge in [0.25, 0.3) is 5.91 Å². The Morgan fingerprint density at radius 3 is 2.61 bits per heavy atom. The number of rotatable bonds is 7. The summed E-state index contributed by atoms with van der Waals surface area (Å²) in [6, 6.07) is 2.40. The number of carbonyl (C=O) groups is 1. The van der Waals surface area contributed by atoms with Crippen LogP contribution < -0.4 is 10.1 Å². The Labute approximate surface area is 129 Å². The molecule has 1 aromatic rings. The maximum atomic E-state index is 12.7. The third kappa shape index (κ3) is 4.54. The lowest BCUT2D eigenvalue weighted by Crippen LogP contribution is -2.47. The van der Waals surface area contributed by atoms with E-state index in [1.54, 1.807) is 0 Å². The van der Waals surface area contributed by atoms with Crippen LogP contribution in [0.3, 0.4) is 0 Å². The lowest BCUT2D eigenvalue weighted by molar-refractivity contribution is -0.148. The first-order valence-electron chi connectivity index (χ1n) is 6.97. The molecule has 0 spiro atoms. The van der Waals surface area contributed by atoms with E-state index in [2.05, 4.69) is 15.0 Å². The van der Waals surface area contributed by atoms with Gasteiger partial charge in [0.2, 0.25) is 5.88 Å². The van der Waals surface area contributed by atoms with Crippen molar-refractivity contribution >= 4 is 5.91 Å². The number of ether oxygens (including phenoxy) is 1. The van der Waals surface area contributed by atoms with Crippen LogP contribution in [0.2, 0.25) is 0 Å². The fraction of sp³-hybridized carbons (Fsp3) is 0.571. The van der Waals surface area contributed by atoms with Crippen molar-refractivity contribution in [1.82, 2.24) is 10.3 Å². The molecule has 128 valence electrons. The number of halogens is 4. The number of hydrogen-bond donors (Lipinski definition) is 2. The fourth-order valence-electron chi connectivity index (χ4n) is 1.94. The van der Waals surface area contributed by atoms with E-state index in [0.29, 0.717) is 12.8 Å². The van der Waals surface area contributed by atoms with Crippen molar-refractivity contribution < 1.29 is 32.2 Å². The Balaban J connectivity index is 1.85. The van der Waals surface area contributed by atoms with Crippen LogP contribution in [-0.4, -0.2) is 47.1 Å². The van der Waals surface area contributed by atoms with Crippen molar-refractivity contribution in [3.8, 4) is 5.88 Å². The molecular formula is C14H16F4N2O3. The number of amides is 1. The molecule has 2 N–H and O–H groups in total. The number of carbonyl (C=O) groups excluding carboxylic acids is 1. The smallest absolute Gasteiger partial charge is 0.340 e. The van der Waals surface area contributed by atoms with Gasteiger partial charge in [0, 0.05) is 18.8 Å². The van der Waals surface area contributed by atoms with E-state index in [0.717, 1.165) is 18.7 Å². The number of hydrogen-bond acceptors (Lipinski definition) is 4. The van der Waals surface area contributed by atoms with Crippen LogP contribution in [0.4, 0.5) is 17.6 Å². The molecule has 1 saturated carbocycles. The summed E-state index contributed by atoms with van der Waals surface area (Å²) < 4.78 is 53.8. The SMILES string of the molecule is O=C(NCC1(O)CCC1)c1ccc(OCC(F)(F)C(F)F)nc1. The summed E-state index contributed by atoms with van der Waals surface area (Å²) in [5.74, 6) is -5.04. The number of nitrogens with zero attached hydrogens (tertiary/aromatic N) is 1. The molecule has 0 atom stereocenters. The van der Waals surface area contributed by atoms with Crippen LogP contribution in [0, 0.1) is 0 Å². The van der Waals surface area contributed by atoms with Gasteiger partial charge in [-0.3, -0.25) is 4.79 Å². The summed E-state index contributed by atoms with van der Waals surface area (Å²) in [5, 5.41) is 12.4. The fourth-order valence-corrected chi connectivity index (χ4v) is 1.94. The Bertz CT molecular complexity index is 547. The molecule has 0 saturated heterocycles. The molecule has 1 aliphatic rings. The summed E-state index contributed by atoms with van der Waals surface area (Å²) in [5.41, 5.74) is -0.728. The lowest BCUT2D eigenvalue weighted by Gasteiger charge is -2.36. The van der Waals surface area contributed by atoms with Crippen LogP contribution in [0.15, 0.2) is 18.3 Å². The molecule has 0 aliphatic heterocycles. The number of aliphatic hydroxyl groups is 1. The highest BCUT2D eigenvalue weighted by Crippen LogP contribution is 2.30. The molecular weight excluding hydrogens is 320 g/mol. The van der Waals surface area contributed by atoms with E-state index in [1.807, 2.05) is 0 Å². The van der Waals surface area contributed by atoms with Gasteiger partial charge in [0.05, 0.1) is 11.2 Å². The van der Waals surface area contributed by atoms with Gasteiger partial charge in [0.15, 0.2) is 6.61 Å². The Hall–Kier alpha value is -1.90. The zero-order valence-electron chi connectivity index (χ0n) is 12.1. The Morgan fingerprint density at radius 1 is 1.43 bits per heavy atom. The predicted octanol–water partition coefficient (Wildman–Crippen LogP) is 2.01. The topological polar surface area (TPSA) is 71.5 Å². The monoisotopic (exact) mass is 336 g/mol. The molecule has 1 aliphatic carbocycles. The molecule has 0 radical (unpaired) electrons. The van der Waals surface area contributed by atoms with E-state index in [4.69, 9.17) is 0 Å². The maximum absolute atomic E-state index is 12.7. The number of pyridine rings is 1. The van der Waals surface area contributed by atoms with Crippen LogP contribution in [-0.2, 0) is 0 Å². The van der Waals surface area contributed by atoms with Gasteiger partial charge in [0.1, 0.15) is 0 Å². The lowest BCUT2D eigenvalue weighted by atomic mass is 9.80. The second-order valence-electron chi connectivity index (χ2n) is 5.50. The van der Waals surface area contributed by atoms with Crippen LogP contribution in [0.1, 0.15) is 29.6 Å². The second kappa shape index (κ2) is 6.69. The molecule has 0 bridgehead atoms. The van der Waals surface area contributed by atoms with E-state index in [9.17, 15) is 27.5 Å². The van der Waals surface area contributed by atoms with Crippen LogP contribution in [0.25, 0.3) is 0 Å². The zero-order valence-corrected chi connectivity index (χ0v) is 12.1. The van der Waals surface area contributed by atoms with Gasteiger partial charge in [-0.25, -0.2) is 13.8 Å². The normalized spacial score (nSPS) is 16.8. The van der Waals surface area contributed by atoms with Gasteiger partial charge in [-0.2, -0.15) is 8.78 Å². The first kappa shape index (κ1) is 17.5. The highest BCUT2D eigenvalue weighted by molar-refractivity contribution is 5.93. The van der Waals surface area contributed by atoms with Crippen molar-refractivity contribution in [3.63, 3.8) is 0 Å². The zero-order chi connectivity index (χ0) is 17.1. The number of alkyl halides is 4. The average Bonchev–Trinajstić information content (AvgIpc) is 2.49. The molecule has 5 nitrogen and oxygen atoms in total. The van der Waals surface area contributed by atoms with Gasteiger partial charge in [-0.15, -0.1) is 0 Å². The van der Waals surface area contributed by atoms with Gasteiger partial charge < -0.3 is 15.2 Å². The van der Waals surface area contributed by atoms with E-state index >= 15 is 0 Å². The molecule has 2 rings (SSSR count). The van der Waals surface area contributed by atoms with Crippen molar-refractivity contribution in [2.45, 2.75) is 37.2 Å². The molecule has 0 unspecified atom stereocenters. The van der Waals surface area contributed by atoms with Crippen LogP contribution >= 0.6 is 0 Å². The van der Waals surface area contributed by atoms with Crippen molar-refractivity contribution in [2.24, 2.45) is 0 Å². The van der Waals surface area contributed by atoms with Crippen molar-refractivity contribution in [2.75, 3.05) is 13.2 Å². The molecule has 1 aromatic heterocycles. The molecule has 1 amide bonds. The van der Waals surface area contributed by atoms with Crippen molar-refractivity contribution in [3.05, 3.63) is 23.9 Å².